The molecule has 9 nitrogen and oxygen atoms in total. The van der Waals surface area contributed by atoms with Gasteiger partial charge in [-0.3, -0.25) is 14.4 Å². The van der Waals surface area contributed by atoms with Gasteiger partial charge < -0.3 is 26.2 Å². The van der Waals surface area contributed by atoms with Gasteiger partial charge in [0.15, 0.2) is 0 Å². The Morgan fingerprint density at radius 3 is 1.96 bits per heavy atom. The molecule has 0 unspecified atom stereocenters. The van der Waals surface area contributed by atoms with E-state index in [1.807, 2.05) is 13.8 Å². The molecule has 0 aromatic rings. The molecule has 0 spiro atoms. The van der Waals surface area contributed by atoms with Crippen LogP contribution in [0.4, 0.5) is 0 Å². The second-order valence-corrected chi connectivity index (χ2v) is 6.87. The Bertz CT molecular complexity index is 506. The predicted molar refractivity (Wildman–Crippen MR) is 90.6 cm³/mol. The SMILES string of the molecule is CC(C)C[C@H](N)C(=O)N(C)[C@H](C(=O)N[C@@H](CC(=O)O)C(=O)O)C(C)C. The molecule has 0 fully saturated rings. The van der Waals surface area contributed by atoms with Crippen LogP contribution < -0.4 is 11.1 Å². The van der Waals surface area contributed by atoms with Crippen molar-refractivity contribution in [3.05, 3.63) is 0 Å². The van der Waals surface area contributed by atoms with E-state index < -0.39 is 48.3 Å². The van der Waals surface area contributed by atoms with E-state index in [0.29, 0.717) is 6.42 Å². The highest BCUT2D eigenvalue weighted by Gasteiger charge is 2.34. The first kappa shape index (κ1) is 22.8. The van der Waals surface area contributed by atoms with Gasteiger partial charge in [0.2, 0.25) is 11.8 Å². The molecule has 9 heteroatoms. The minimum atomic E-state index is -1.57. The molecule has 0 rings (SSSR count). The minimum absolute atomic E-state index is 0.200. The first-order valence-electron chi connectivity index (χ1n) is 8.15. The second kappa shape index (κ2) is 9.97. The molecule has 0 heterocycles. The minimum Gasteiger partial charge on any atom is -0.481 e. The first-order chi connectivity index (χ1) is 11.4. The van der Waals surface area contributed by atoms with Crippen molar-refractivity contribution in [2.75, 3.05) is 7.05 Å². The molecular weight excluding hydrogens is 330 g/mol. The standard InChI is InChI=1S/C16H29N3O6/c1-8(2)6-10(17)15(23)19(5)13(9(3)4)14(22)18-11(16(24)25)7-12(20)21/h8-11,13H,6-7,17H2,1-5H3,(H,18,22)(H,20,21)(H,24,25)/t10-,11-,13-/m0/s1. The number of carbonyl (C=O) groups is 4. The Morgan fingerprint density at radius 2 is 1.60 bits per heavy atom. The van der Waals surface area contributed by atoms with E-state index in [1.54, 1.807) is 13.8 Å². The van der Waals surface area contributed by atoms with E-state index >= 15 is 0 Å². The predicted octanol–water partition coefficient (Wildman–Crippen LogP) is -0.113. The fourth-order valence-electron chi connectivity index (χ4n) is 2.56. The van der Waals surface area contributed by atoms with Crippen molar-refractivity contribution < 1.29 is 29.4 Å². The van der Waals surface area contributed by atoms with Crippen LogP contribution in [-0.4, -0.2) is 64.0 Å². The zero-order valence-electron chi connectivity index (χ0n) is 15.4. The van der Waals surface area contributed by atoms with E-state index in [4.69, 9.17) is 15.9 Å². The highest BCUT2D eigenvalue weighted by atomic mass is 16.4. The summed E-state index contributed by atoms with van der Waals surface area (Å²) in [6.07, 6.45) is -0.303. The molecule has 25 heavy (non-hydrogen) atoms. The third kappa shape index (κ3) is 7.51. The molecule has 0 aliphatic heterocycles. The Hall–Kier alpha value is -2.16. The number of nitrogens with one attached hydrogen (secondary N) is 1. The summed E-state index contributed by atoms with van der Waals surface area (Å²) in [5.41, 5.74) is 5.88. The van der Waals surface area contributed by atoms with E-state index in [1.165, 1.54) is 11.9 Å². The van der Waals surface area contributed by atoms with E-state index in [9.17, 15) is 19.2 Å². The van der Waals surface area contributed by atoms with Crippen LogP contribution in [0.3, 0.4) is 0 Å². The van der Waals surface area contributed by atoms with Gasteiger partial charge in [-0.15, -0.1) is 0 Å². The van der Waals surface area contributed by atoms with Gasteiger partial charge >= 0.3 is 11.9 Å². The lowest BCUT2D eigenvalue weighted by atomic mass is 9.98. The van der Waals surface area contributed by atoms with Crippen molar-refractivity contribution in [2.45, 2.75) is 58.7 Å². The quantitative estimate of drug-likeness (QED) is 0.425. The van der Waals surface area contributed by atoms with Crippen molar-refractivity contribution in [3.63, 3.8) is 0 Å². The number of carboxylic acid groups (broad SMARTS) is 2. The molecule has 0 saturated carbocycles. The third-order valence-electron chi connectivity index (χ3n) is 3.70. The molecule has 3 atom stereocenters. The summed E-state index contributed by atoms with van der Waals surface area (Å²) in [5, 5.41) is 20.0. The highest BCUT2D eigenvalue weighted by molar-refractivity contribution is 5.92. The van der Waals surface area contributed by atoms with Crippen LogP contribution in [0.5, 0.6) is 0 Å². The van der Waals surface area contributed by atoms with Crippen molar-refractivity contribution >= 4 is 23.8 Å². The van der Waals surface area contributed by atoms with Crippen LogP contribution in [0.15, 0.2) is 0 Å². The topological polar surface area (TPSA) is 150 Å². The van der Waals surface area contributed by atoms with Gasteiger partial charge in [0.1, 0.15) is 12.1 Å². The number of amides is 2. The summed E-state index contributed by atoms with van der Waals surface area (Å²) in [5.74, 6) is -4.07. The van der Waals surface area contributed by atoms with Crippen LogP contribution in [0.25, 0.3) is 0 Å². The maximum Gasteiger partial charge on any atom is 0.326 e. The monoisotopic (exact) mass is 359 g/mol. The Labute approximate surface area is 147 Å². The zero-order chi connectivity index (χ0) is 19.9. The number of hydrogen-bond acceptors (Lipinski definition) is 5. The van der Waals surface area contributed by atoms with Crippen molar-refractivity contribution in [1.29, 1.82) is 0 Å². The number of nitrogens with two attached hydrogens (primary N) is 1. The molecule has 0 aliphatic carbocycles. The molecular formula is C16H29N3O6. The van der Waals surface area contributed by atoms with Gasteiger partial charge in [0.25, 0.3) is 0 Å². The highest BCUT2D eigenvalue weighted by Crippen LogP contribution is 2.14. The number of carboxylic acids is 2. The molecule has 0 radical (unpaired) electrons. The van der Waals surface area contributed by atoms with E-state index in [2.05, 4.69) is 5.32 Å². The van der Waals surface area contributed by atoms with E-state index in [-0.39, 0.29) is 11.8 Å². The molecule has 0 aliphatic rings. The maximum absolute atomic E-state index is 12.5. The molecule has 5 N–H and O–H groups in total. The van der Waals surface area contributed by atoms with Gasteiger partial charge in [-0.1, -0.05) is 27.7 Å². The van der Waals surface area contributed by atoms with Gasteiger partial charge in [-0.2, -0.15) is 0 Å². The first-order valence-corrected chi connectivity index (χ1v) is 8.15. The molecule has 2 amide bonds. The fourth-order valence-corrected chi connectivity index (χ4v) is 2.56. The average molecular weight is 359 g/mol. The lowest BCUT2D eigenvalue weighted by molar-refractivity contribution is -0.149. The summed E-state index contributed by atoms with van der Waals surface area (Å²) in [7, 11) is 1.43. The van der Waals surface area contributed by atoms with Crippen LogP contribution in [-0.2, 0) is 19.2 Å². The van der Waals surface area contributed by atoms with Gasteiger partial charge in [0, 0.05) is 7.05 Å². The number of rotatable bonds is 10. The molecule has 0 aromatic heterocycles. The summed E-state index contributed by atoms with van der Waals surface area (Å²) in [6, 6.07) is -3.30. The lowest BCUT2D eigenvalue weighted by Crippen LogP contribution is -2.57. The number of carbonyl (C=O) groups excluding carboxylic acids is 2. The van der Waals surface area contributed by atoms with Crippen molar-refractivity contribution in [2.24, 2.45) is 17.6 Å². The van der Waals surface area contributed by atoms with Gasteiger partial charge in [0.05, 0.1) is 12.5 Å². The van der Waals surface area contributed by atoms with E-state index in [0.717, 1.165) is 0 Å². The number of hydrogen-bond donors (Lipinski definition) is 4. The Morgan fingerprint density at radius 1 is 1.08 bits per heavy atom. The summed E-state index contributed by atoms with van der Waals surface area (Å²) >= 11 is 0. The fraction of sp³-hybridized carbons (Fsp3) is 0.750. The summed E-state index contributed by atoms with van der Waals surface area (Å²) < 4.78 is 0. The Balaban J connectivity index is 5.25. The zero-order valence-corrected chi connectivity index (χ0v) is 15.4. The van der Waals surface area contributed by atoms with Crippen LogP contribution in [0, 0.1) is 11.8 Å². The molecule has 0 saturated heterocycles. The average Bonchev–Trinajstić information content (AvgIpc) is 2.43. The summed E-state index contributed by atoms with van der Waals surface area (Å²) in [4.78, 5) is 48.0. The van der Waals surface area contributed by atoms with Gasteiger partial charge in [-0.25, -0.2) is 4.79 Å². The molecule has 0 bridgehead atoms. The molecule has 144 valence electrons. The maximum atomic E-state index is 12.5. The van der Waals surface area contributed by atoms with Crippen molar-refractivity contribution in [1.82, 2.24) is 10.2 Å². The van der Waals surface area contributed by atoms with Crippen LogP contribution >= 0.6 is 0 Å². The number of aliphatic carboxylic acids is 2. The van der Waals surface area contributed by atoms with Crippen molar-refractivity contribution in [3.8, 4) is 0 Å². The van der Waals surface area contributed by atoms with Gasteiger partial charge in [-0.05, 0) is 18.3 Å². The normalized spacial score (nSPS) is 14.7. The van der Waals surface area contributed by atoms with Crippen LogP contribution in [0.1, 0.15) is 40.5 Å². The Kier molecular flexibility index (Phi) is 9.11. The smallest absolute Gasteiger partial charge is 0.326 e. The molecule has 0 aromatic carbocycles. The second-order valence-electron chi connectivity index (χ2n) is 6.87. The summed E-state index contributed by atoms with van der Waals surface area (Å²) in [6.45, 7) is 7.25. The number of likely N-dealkylation sites (N-methyl/N-ethyl adjacent to an activating group) is 1. The largest absolute Gasteiger partial charge is 0.481 e. The lowest BCUT2D eigenvalue weighted by Gasteiger charge is -2.33. The number of nitrogens with zero attached hydrogens (tertiary/aromatic N) is 1. The van der Waals surface area contributed by atoms with Crippen LogP contribution in [0.2, 0.25) is 0 Å². The third-order valence-corrected chi connectivity index (χ3v) is 3.70.